The van der Waals surface area contributed by atoms with Gasteiger partial charge in [0.05, 0.1) is 13.5 Å². The number of rotatable bonds is 4. The van der Waals surface area contributed by atoms with E-state index in [2.05, 4.69) is 4.74 Å². The van der Waals surface area contributed by atoms with Crippen LogP contribution in [-0.2, 0) is 14.9 Å². The first kappa shape index (κ1) is 14.8. The van der Waals surface area contributed by atoms with Gasteiger partial charge in [-0.25, -0.2) is 4.79 Å². The second-order valence-electron chi connectivity index (χ2n) is 4.83. The Morgan fingerprint density at radius 2 is 1.79 bits per heavy atom. The fourth-order valence-electron chi connectivity index (χ4n) is 1.87. The summed E-state index contributed by atoms with van der Waals surface area (Å²) in [4.78, 5) is 22.3. The number of ether oxygens (including phenoxy) is 1. The zero-order chi connectivity index (χ0) is 14.8. The molecule has 19 heavy (non-hydrogen) atoms. The lowest BCUT2D eigenvalue weighted by atomic mass is 9.80. The van der Waals surface area contributed by atoms with Gasteiger partial charge in [-0.05, 0) is 6.07 Å². The Kier molecular flexibility index (Phi) is 4.04. The predicted octanol–water partition coefficient (Wildman–Crippen LogP) is 1.64. The Bertz CT molecular complexity index is 518. The van der Waals surface area contributed by atoms with Crippen LogP contribution in [0.3, 0.4) is 0 Å². The molecule has 0 aliphatic carbocycles. The van der Waals surface area contributed by atoms with Gasteiger partial charge in [0.2, 0.25) is 0 Å². The quantitative estimate of drug-likeness (QED) is 0.717. The van der Waals surface area contributed by atoms with Gasteiger partial charge in [0, 0.05) is 17.0 Å². The molecule has 0 unspecified atom stereocenters. The van der Waals surface area contributed by atoms with E-state index in [1.54, 1.807) is 13.8 Å². The minimum Gasteiger partial charge on any atom is -0.508 e. The van der Waals surface area contributed by atoms with Gasteiger partial charge in [0.25, 0.3) is 0 Å². The van der Waals surface area contributed by atoms with Crippen LogP contribution in [0, 0.1) is 0 Å². The molecule has 1 rings (SSSR count). The number of carbonyl (C=O) groups is 2. The normalized spacial score (nSPS) is 11.1. The van der Waals surface area contributed by atoms with Crippen molar-refractivity contribution in [1.82, 2.24) is 0 Å². The van der Waals surface area contributed by atoms with E-state index in [9.17, 15) is 19.8 Å². The fourth-order valence-corrected chi connectivity index (χ4v) is 1.87. The van der Waals surface area contributed by atoms with Gasteiger partial charge >= 0.3 is 11.9 Å². The maximum Gasteiger partial charge on any atom is 0.341 e. The minimum atomic E-state index is -1.03. The van der Waals surface area contributed by atoms with E-state index in [0.717, 1.165) is 13.2 Å². The zero-order valence-corrected chi connectivity index (χ0v) is 10.9. The van der Waals surface area contributed by atoms with Crippen LogP contribution in [0.1, 0.15) is 36.2 Å². The molecule has 1 aromatic rings. The van der Waals surface area contributed by atoms with E-state index in [0.29, 0.717) is 0 Å². The number of phenols is 2. The summed E-state index contributed by atoms with van der Waals surface area (Å²) < 4.78 is 4.51. The van der Waals surface area contributed by atoms with E-state index in [4.69, 9.17) is 5.11 Å². The molecule has 3 N–H and O–H groups in total. The second-order valence-corrected chi connectivity index (χ2v) is 4.83. The number of methoxy groups -OCH3 is 1. The van der Waals surface area contributed by atoms with E-state index in [1.165, 1.54) is 6.07 Å². The van der Waals surface area contributed by atoms with Crippen molar-refractivity contribution in [3.05, 3.63) is 23.3 Å². The molecule has 0 radical (unpaired) electrons. The lowest BCUT2D eigenvalue weighted by molar-refractivity contribution is -0.138. The molecule has 6 nitrogen and oxygen atoms in total. The van der Waals surface area contributed by atoms with Crippen molar-refractivity contribution in [1.29, 1.82) is 0 Å². The molecule has 0 heterocycles. The first-order chi connectivity index (χ1) is 8.69. The molecule has 0 saturated carbocycles. The highest BCUT2D eigenvalue weighted by Gasteiger charge is 2.29. The Morgan fingerprint density at radius 3 is 2.26 bits per heavy atom. The smallest absolute Gasteiger partial charge is 0.341 e. The van der Waals surface area contributed by atoms with E-state index >= 15 is 0 Å². The molecule has 0 amide bonds. The molecular weight excluding hydrogens is 252 g/mol. The molecular formula is C13H16O6. The van der Waals surface area contributed by atoms with Crippen molar-refractivity contribution in [3.8, 4) is 11.5 Å². The lowest BCUT2D eigenvalue weighted by Gasteiger charge is -2.24. The molecule has 0 aliphatic heterocycles. The van der Waals surface area contributed by atoms with Crippen molar-refractivity contribution in [2.75, 3.05) is 7.11 Å². The van der Waals surface area contributed by atoms with E-state index in [-0.39, 0.29) is 23.3 Å². The predicted molar refractivity (Wildman–Crippen MR) is 66.4 cm³/mol. The number of hydrogen-bond acceptors (Lipinski definition) is 5. The molecule has 0 aromatic heterocycles. The summed E-state index contributed by atoms with van der Waals surface area (Å²) in [6.45, 7) is 3.24. The van der Waals surface area contributed by atoms with Crippen molar-refractivity contribution < 1.29 is 29.6 Å². The van der Waals surface area contributed by atoms with Gasteiger partial charge in [0.1, 0.15) is 17.1 Å². The number of hydrogen-bond donors (Lipinski definition) is 3. The number of aromatic hydroxyl groups is 2. The zero-order valence-electron chi connectivity index (χ0n) is 10.9. The van der Waals surface area contributed by atoms with Crippen LogP contribution in [0.2, 0.25) is 0 Å². The van der Waals surface area contributed by atoms with Crippen molar-refractivity contribution in [2.45, 2.75) is 25.7 Å². The molecule has 0 aliphatic rings. The number of benzene rings is 1. The molecule has 0 atom stereocenters. The van der Waals surface area contributed by atoms with E-state index in [1.807, 2.05) is 0 Å². The fraction of sp³-hybridized carbons (Fsp3) is 0.385. The topological polar surface area (TPSA) is 104 Å². The summed E-state index contributed by atoms with van der Waals surface area (Å²) in [7, 11) is 1.16. The third kappa shape index (κ3) is 3.15. The third-order valence-electron chi connectivity index (χ3n) is 2.84. The standard InChI is InChI=1S/C13H16O6/c1-13(2,6-11(16)17)8-4-7(12(18)19-3)9(14)5-10(8)15/h4-5,14-15H,6H2,1-3H3,(H,16,17). The van der Waals surface area contributed by atoms with Crippen LogP contribution in [-0.4, -0.2) is 34.4 Å². The van der Waals surface area contributed by atoms with Crippen LogP contribution in [0.4, 0.5) is 0 Å². The van der Waals surface area contributed by atoms with Crippen LogP contribution in [0.15, 0.2) is 12.1 Å². The van der Waals surface area contributed by atoms with Gasteiger partial charge in [-0.3, -0.25) is 4.79 Å². The van der Waals surface area contributed by atoms with Crippen LogP contribution in [0.5, 0.6) is 11.5 Å². The molecule has 0 saturated heterocycles. The van der Waals surface area contributed by atoms with Gasteiger partial charge in [-0.15, -0.1) is 0 Å². The van der Waals surface area contributed by atoms with Gasteiger partial charge < -0.3 is 20.1 Å². The average molecular weight is 268 g/mol. The molecule has 6 heteroatoms. The first-order valence-electron chi connectivity index (χ1n) is 5.55. The average Bonchev–Trinajstić information content (AvgIpc) is 2.25. The van der Waals surface area contributed by atoms with E-state index < -0.39 is 23.1 Å². The van der Waals surface area contributed by atoms with Crippen LogP contribution < -0.4 is 0 Å². The van der Waals surface area contributed by atoms with Gasteiger partial charge in [-0.1, -0.05) is 13.8 Å². The maximum absolute atomic E-state index is 11.5. The summed E-state index contributed by atoms with van der Waals surface area (Å²) in [6, 6.07) is 2.25. The van der Waals surface area contributed by atoms with Crippen molar-refractivity contribution in [2.24, 2.45) is 0 Å². The summed E-state index contributed by atoms with van der Waals surface area (Å²) >= 11 is 0. The highest BCUT2D eigenvalue weighted by atomic mass is 16.5. The van der Waals surface area contributed by atoms with Crippen LogP contribution in [0.25, 0.3) is 0 Å². The Balaban J connectivity index is 3.36. The summed E-state index contributed by atoms with van der Waals surface area (Å²) in [6.07, 6.45) is -0.230. The number of esters is 1. The molecule has 0 spiro atoms. The van der Waals surface area contributed by atoms with Crippen molar-refractivity contribution >= 4 is 11.9 Å². The third-order valence-corrected chi connectivity index (χ3v) is 2.84. The molecule has 0 bridgehead atoms. The molecule has 0 fully saturated rings. The maximum atomic E-state index is 11.5. The summed E-state index contributed by atoms with van der Waals surface area (Å²) in [5, 5.41) is 28.3. The SMILES string of the molecule is COC(=O)c1cc(C(C)(C)CC(=O)O)c(O)cc1O. The van der Waals surface area contributed by atoms with Gasteiger partial charge in [-0.2, -0.15) is 0 Å². The molecule has 1 aromatic carbocycles. The minimum absolute atomic E-state index is 0.117. The number of phenolic OH excluding ortho intramolecular Hbond substituents is 2. The Morgan fingerprint density at radius 1 is 1.21 bits per heavy atom. The largest absolute Gasteiger partial charge is 0.508 e. The Hall–Kier alpha value is -2.24. The molecule has 104 valence electrons. The van der Waals surface area contributed by atoms with Crippen LogP contribution >= 0.6 is 0 Å². The number of carbonyl (C=O) groups excluding carboxylic acids is 1. The Labute approximate surface area is 110 Å². The summed E-state index contributed by atoms with van der Waals surface area (Å²) in [5.41, 5.74) is -0.756. The lowest BCUT2D eigenvalue weighted by Crippen LogP contribution is -2.22. The number of carboxylic acid groups (broad SMARTS) is 1. The summed E-state index contributed by atoms with van der Waals surface area (Å²) in [5.74, 6) is -2.47. The first-order valence-corrected chi connectivity index (χ1v) is 5.55. The monoisotopic (exact) mass is 268 g/mol. The van der Waals surface area contributed by atoms with Gasteiger partial charge in [0.15, 0.2) is 0 Å². The highest BCUT2D eigenvalue weighted by molar-refractivity contribution is 5.93. The van der Waals surface area contributed by atoms with Crippen molar-refractivity contribution in [3.63, 3.8) is 0 Å². The number of aliphatic carboxylic acids is 1. The highest BCUT2D eigenvalue weighted by Crippen LogP contribution is 2.37. The second kappa shape index (κ2) is 5.17. The number of carboxylic acids is 1.